The molecule has 0 bridgehead atoms. The van der Waals surface area contributed by atoms with E-state index in [-0.39, 0.29) is 36.8 Å². The lowest BCUT2D eigenvalue weighted by molar-refractivity contribution is 0.0558. The minimum atomic E-state index is -0.570. The van der Waals surface area contributed by atoms with E-state index in [2.05, 4.69) is 4.90 Å². The molecule has 1 fully saturated rings. The molecule has 2 aromatic carbocycles. The summed E-state index contributed by atoms with van der Waals surface area (Å²) in [6.07, 6.45) is 0.713. The SMILES string of the molecule is CCC(c1ccc(F)cc1F)N1CCN(C(=O)c2cc(N)ccc2C)CC1.Cl.Cl. The average molecular weight is 446 g/mol. The lowest BCUT2D eigenvalue weighted by Crippen LogP contribution is -2.49. The van der Waals surface area contributed by atoms with Gasteiger partial charge in [-0.3, -0.25) is 9.69 Å². The second-order valence-electron chi connectivity index (χ2n) is 6.99. The molecule has 2 N–H and O–H groups in total. The largest absolute Gasteiger partial charge is 0.399 e. The first-order valence-corrected chi connectivity index (χ1v) is 9.25. The van der Waals surface area contributed by atoms with Crippen LogP contribution in [0.4, 0.5) is 14.5 Å². The molecule has 2 aromatic rings. The van der Waals surface area contributed by atoms with Crippen molar-refractivity contribution in [2.24, 2.45) is 0 Å². The molecule has 29 heavy (non-hydrogen) atoms. The molecule has 1 unspecified atom stereocenters. The van der Waals surface area contributed by atoms with Crippen molar-refractivity contribution in [2.75, 3.05) is 31.9 Å². The van der Waals surface area contributed by atoms with Crippen LogP contribution in [0.1, 0.15) is 40.9 Å². The molecule has 0 saturated carbocycles. The lowest BCUT2D eigenvalue weighted by atomic mass is 10.0. The summed E-state index contributed by atoms with van der Waals surface area (Å²) in [7, 11) is 0. The van der Waals surface area contributed by atoms with E-state index in [1.807, 2.05) is 24.8 Å². The highest BCUT2D eigenvalue weighted by atomic mass is 35.5. The van der Waals surface area contributed by atoms with E-state index in [4.69, 9.17) is 5.73 Å². The number of benzene rings is 2. The Labute approximate surface area is 182 Å². The van der Waals surface area contributed by atoms with Crippen LogP contribution in [0.25, 0.3) is 0 Å². The molecule has 0 aliphatic carbocycles. The van der Waals surface area contributed by atoms with Crippen LogP contribution in [-0.2, 0) is 0 Å². The highest BCUT2D eigenvalue weighted by Crippen LogP contribution is 2.28. The zero-order valence-corrected chi connectivity index (χ0v) is 18.2. The number of piperazine rings is 1. The predicted octanol–water partition coefficient (Wildman–Crippen LogP) is 4.61. The molecule has 1 aliphatic rings. The fourth-order valence-corrected chi connectivity index (χ4v) is 3.72. The first-order valence-electron chi connectivity index (χ1n) is 9.25. The molecule has 1 aliphatic heterocycles. The normalized spacial score (nSPS) is 15.2. The van der Waals surface area contributed by atoms with E-state index in [1.54, 1.807) is 12.1 Å². The lowest BCUT2D eigenvalue weighted by Gasteiger charge is -2.39. The van der Waals surface area contributed by atoms with Gasteiger partial charge in [0.25, 0.3) is 5.91 Å². The molecule has 0 aromatic heterocycles. The second kappa shape index (κ2) is 10.8. The van der Waals surface area contributed by atoms with Gasteiger partial charge in [-0.2, -0.15) is 0 Å². The van der Waals surface area contributed by atoms with Gasteiger partial charge in [0.15, 0.2) is 0 Å². The summed E-state index contributed by atoms with van der Waals surface area (Å²) in [5.41, 5.74) is 8.42. The first-order chi connectivity index (χ1) is 12.9. The third-order valence-corrected chi connectivity index (χ3v) is 5.24. The summed E-state index contributed by atoms with van der Waals surface area (Å²) in [5, 5.41) is 0. The van der Waals surface area contributed by atoms with Crippen LogP contribution >= 0.6 is 24.8 Å². The quantitative estimate of drug-likeness (QED) is 0.698. The molecular weight excluding hydrogens is 419 g/mol. The van der Waals surface area contributed by atoms with Crippen LogP contribution in [-0.4, -0.2) is 41.9 Å². The zero-order chi connectivity index (χ0) is 19.6. The third kappa shape index (κ3) is 5.59. The fourth-order valence-electron chi connectivity index (χ4n) is 3.72. The van der Waals surface area contributed by atoms with Crippen LogP contribution in [0.3, 0.4) is 0 Å². The monoisotopic (exact) mass is 445 g/mol. The van der Waals surface area contributed by atoms with Crippen LogP contribution in [0, 0.1) is 18.6 Å². The fraction of sp³-hybridized carbons (Fsp3) is 0.381. The predicted molar refractivity (Wildman–Crippen MR) is 117 cm³/mol. The Morgan fingerprint density at radius 2 is 1.72 bits per heavy atom. The van der Waals surface area contributed by atoms with Gasteiger partial charge in [-0.25, -0.2) is 8.78 Å². The number of hydrogen-bond acceptors (Lipinski definition) is 3. The second-order valence-corrected chi connectivity index (χ2v) is 6.99. The Balaban J connectivity index is 0.00000210. The summed E-state index contributed by atoms with van der Waals surface area (Å²) in [4.78, 5) is 16.8. The Bertz CT molecular complexity index is 843. The van der Waals surface area contributed by atoms with Crippen LogP contribution in [0.5, 0.6) is 0 Å². The molecule has 4 nitrogen and oxygen atoms in total. The van der Waals surface area contributed by atoms with Gasteiger partial charge in [0, 0.05) is 55.1 Å². The maximum atomic E-state index is 14.2. The number of carbonyl (C=O) groups excluding carboxylic acids is 1. The number of aryl methyl sites for hydroxylation is 1. The Kier molecular flexibility index (Phi) is 9.33. The topological polar surface area (TPSA) is 49.6 Å². The smallest absolute Gasteiger partial charge is 0.254 e. The Morgan fingerprint density at radius 1 is 1.07 bits per heavy atom. The summed E-state index contributed by atoms with van der Waals surface area (Å²) < 4.78 is 27.4. The van der Waals surface area contributed by atoms with Crippen molar-refractivity contribution >= 4 is 36.4 Å². The van der Waals surface area contributed by atoms with Crippen molar-refractivity contribution in [3.63, 3.8) is 0 Å². The number of anilines is 1. The summed E-state index contributed by atoms with van der Waals surface area (Å²) in [5.74, 6) is -1.12. The molecule has 1 amide bonds. The summed E-state index contributed by atoms with van der Waals surface area (Å²) in [6.45, 7) is 6.29. The molecule has 0 radical (unpaired) electrons. The van der Waals surface area contributed by atoms with Gasteiger partial charge in [-0.1, -0.05) is 19.1 Å². The number of nitrogens with two attached hydrogens (primary N) is 1. The highest BCUT2D eigenvalue weighted by Gasteiger charge is 2.28. The number of rotatable bonds is 4. The zero-order valence-electron chi connectivity index (χ0n) is 16.5. The molecule has 160 valence electrons. The summed E-state index contributed by atoms with van der Waals surface area (Å²) in [6, 6.07) is 8.97. The number of carbonyl (C=O) groups is 1. The number of halogens is 4. The molecule has 1 atom stereocenters. The minimum absolute atomic E-state index is 0. The average Bonchev–Trinajstić information content (AvgIpc) is 2.66. The molecule has 1 saturated heterocycles. The van der Waals surface area contributed by atoms with E-state index in [0.29, 0.717) is 49.4 Å². The van der Waals surface area contributed by atoms with E-state index in [0.717, 1.165) is 11.6 Å². The van der Waals surface area contributed by atoms with Crippen molar-refractivity contribution in [1.29, 1.82) is 0 Å². The minimum Gasteiger partial charge on any atom is -0.399 e. The van der Waals surface area contributed by atoms with E-state index in [1.165, 1.54) is 12.1 Å². The molecule has 3 rings (SSSR count). The molecule has 0 spiro atoms. The van der Waals surface area contributed by atoms with Gasteiger partial charge in [-0.15, -0.1) is 24.8 Å². The van der Waals surface area contributed by atoms with Crippen molar-refractivity contribution < 1.29 is 13.6 Å². The third-order valence-electron chi connectivity index (χ3n) is 5.24. The highest BCUT2D eigenvalue weighted by molar-refractivity contribution is 5.96. The maximum absolute atomic E-state index is 14.2. The number of hydrogen-bond donors (Lipinski definition) is 1. The van der Waals surface area contributed by atoms with Crippen LogP contribution in [0.15, 0.2) is 36.4 Å². The van der Waals surface area contributed by atoms with Crippen LogP contribution < -0.4 is 5.73 Å². The molecular formula is C21H27Cl2F2N3O. The van der Waals surface area contributed by atoms with Gasteiger partial charge in [0.2, 0.25) is 0 Å². The van der Waals surface area contributed by atoms with Crippen LogP contribution in [0.2, 0.25) is 0 Å². The van der Waals surface area contributed by atoms with Crippen molar-refractivity contribution in [3.8, 4) is 0 Å². The van der Waals surface area contributed by atoms with E-state index < -0.39 is 11.6 Å². The van der Waals surface area contributed by atoms with Gasteiger partial charge in [0.1, 0.15) is 11.6 Å². The van der Waals surface area contributed by atoms with E-state index in [9.17, 15) is 13.6 Å². The van der Waals surface area contributed by atoms with Crippen molar-refractivity contribution in [3.05, 3.63) is 64.7 Å². The standard InChI is InChI=1S/C21H25F2N3O.2ClH/c1-3-20(17-7-5-15(22)12-19(17)23)25-8-10-26(11-9-25)21(27)18-13-16(24)6-4-14(18)2;;/h4-7,12-13,20H,3,8-11,24H2,1-2H3;2*1H. The summed E-state index contributed by atoms with van der Waals surface area (Å²) >= 11 is 0. The first kappa shape index (κ1) is 25.1. The molecule has 8 heteroatoms. The van der Waals surface area contributed by atoms with Gasteiger partial charge in [-0.05, 0) is 37.1 Å². The van der Waals surface area contributed by atoms with Gasteiger partial charge >= 0.3 is 0 Å². The Hall–Kier alpha value is -1.89. The Morgan fingerprint density at radius 3 is 2.31 bits per heavy atom. The van der Waals surface area contributed by atoms with Gasteiger partial charge in [0.05, 0.1) is 0 Å². The number of nitrogens with zero attached hydrogens (tertiary/aromatic N) is 2. The maximum Gasteiger partial charge on any atom is 0.254 e. The van der Waals surface area contributed by atoms with Gasteiger partial charge < -0.3 is 10.6 Å². The molecule has 1 heterocycles. The number of nitrogen functional groups attached to an aromatic ring is 1. The number of amides is 1. The van der Waals surface area contributed by atoms with Crippen molar-refractivity contribution in [2.45, 2.75) is 26.3 Å². The van der Waals surface area contributed by atoms with E-state index >= 15 is 0 Å². The van der Waals surface area contributed by atoms with Crippen molar-refractivity contribution in [1.82, 2.24) is 9.80 Å².